The van der Waals surface area contributed by atoms with Gasteiger partial charge in [0.1, 0.15) is 0 Å². The molecular formula is C15H18N2S. The highest BCUT2D eigenvalue weighted by atomic mass is 32.1. The van der Waals surface area contributed by atoms with Crippen molar-refractivity contribution < 1.29 is 0 Å². The van der Waals surface area contributed by atoms with Crippen molar-refractivity contribution in [2.75, 3.05) is 7.05 Å². The Bertz CT molecular complexity index is 488. The highest BCUT2D eigenvalue weighted by Crippen LogP contribution is 2.51. The molecule has 2 aromatic rings. The van der Waals surface area contributed by atoms with Gasteiger partial charge < -0.3 is 5.32 Å². The first-order chi connectivity index (χ1) is 8.85. The molecule has 1 saturated carbocycles. The summed E-state index contributed by atoms with van der Waals surface area (Å²) in [6, 6.07) is 11.4. The number of hydrogen-bond acceptors (Lipinski definition) is 3. The number of nitrogens with zero attached hydrogens (tertiary/aromatic N) is 1. The molecule has 1 N–H and O–H groups in total. The fraction of sp³-hybridized carbons (Fsp3) is 0.400. The smallest absolute Gasteiger partial charge is 0.0794 e. The van der Waals surface area contributed by atoms with Gasteiger partial charge in [0, 0.05) is 22.5 Å². The molecule has 0 amide bonds. The topological polar surface area (TPSA) is 24.9 Å². The van der Waals surface area contributed by atoms with Crippen LogP contribution in [0.3, 0.4) is 0 Å². The lowest BCUT2D eigenvalue weighted by Gasteiger charge is -2.27. The van der Waals surface area contributed by atoms with E-state index in [9.17, 15) is 0 Å². The van der Waals surface area contributed by atoms with Crippen LogP contribution in [0.15, 0.2) is 42.0 Å². The first kappa shape index (κ1) is 11.9. The number of benzene rings is 1. The molecule has 3 rings (SSSR count). The van der Waals surface area contributed by atoms with Gasteiger partial charge >= 0.3 is 0 Å². The Morgan fingerprint density at radius 3 is 2.67 bits per heavy atom. The van der Waals surface area contributed by atoms with Crippen molar-refractivity contribution in [1.29, 1.82) is 0 Å². The summed E-state index contributed by atoms with van der Waals surface area (Å²) in [5, 5.41) is 3.52. The monoisotopic (exact) mass is 258 g/mol. The zero-order valence-corrected chi connectivity index (χ0v) is 11.4. The average molecular weight is 258 g/mol. The van der Waals surface area contributed by atoms with Gasteiger partial charge in [0.15, 0.2) is 0 Å². The van der Waals surface area contributed by atoms with Crippen LogP contribution in [0, 0.1) is 0 Å². The van der Waals surface area contributed by atoms with Gasteiger partial charge in [0.2, 0.25) is 0 Å². The van der Waals surface area contributed by atoms with Gasteiger partial charge in [0.25, 0.3) is 0 Å². The highest BCUT2D eigenvalue weighted by molar-refractivity contribution is 7.09. The van der Waals surface area contributed by atoms with Gasteiger partial charge in [-0.2, -0.15) is 0 Å². The second-order valence-corrected chi connectivity index (χ2v) is 6.01. The van der Waals surface area contributed by atoms with E-state index in [2.05, 4.69) is 47.7 Å². The molecule has 1 unspecified atom stereocenters. The maximum Gasteiger partial charge on any atom is 0.0794 e. The summed E-state index contributed by atoms with van der Waals surface area (Å²) in [5.41, 5.74) is 3.75. The molecule has 0 bridgehead atoms. The van der Waals surface area contributed by atoms with Crippen molar-refractivity contribution >= 4 is 11.3 Å². The van der Waals surface area contributed by atoms with Crippen LogP contribution in [0.2, 0.25) is 0 Å². The molecule has 18 heavy (non-hydrogen) atoms. The largest absolute Gasteiger partial charge is 0.316 e. The Hall–Kier alpha value is -1.19. The number of aromatic nitrogens is 1. The van der Waals surface area contributed by atoms with E-state index in [0.29, 0.717) is 11.5 Å². The van der Waals surface area contributed by atoms with Gasteiger partial charge in [0.05, 0.1) is 5.51 Å². The van der Waals surface area contributed by atoms with E-state index in [1.165, 1.54) is 23.3 Å². The van der Waals surface area contributed by atoms with Crippen molar-refractivity contribution in [2.45, 2.75) is 30.7 Å². The van der Waals surface area contributed by atoms with E-state index in [4.69, 9.17) is 0 Å². The molecule has 0 radical (unpaired) electrons. The van der Waals surface area contributed by atoms with E-state index in [1.807, 2.05) is 11.7 Å². The number of nitrogens with one attached hydrogen (secondary N) is 1. The lowest BCUT2D eigenvalue weighted by atomic mass is 9.86. The van der Waals surface area contributed by atoms with E-state index >= 15 is 0 Å². The highest BCUT2D eigenvalue weighted by Gasteiger charge is 2.49. The minimum absolute atomic E-state index is 0.347. The summed E-state index contributed by atoms with van der Waals surface area (Å²) in [7, 11) is 2.08. The average Bonchev–Trinajstić information content (AvgIpc) is 3.07. The van der Waals surface area contributed by atoms with Crippen molar-refractivity contribution in [3.63, 3.8) is 0 Å². The van der Waals surface area contributed by atoms with Crippen LogP contribution in [0.25, 0.3) is 0 Å². The molecule has 2 nitrogen and oxygen atoms in total. The van der Waals surface area contributed by atoms with Crippen LogP contribution in [0.1, 0.15) is 23.3 Å². The molecule has 3 heteroatoms. The Balaban J connectivity index is 1.83. The van der Waals surface area contributed by atoms with Crippen molar-refractivity contribution in [1.82, 2.24) is 10.3 Å². The SMILES string of the molecule is CNC(Cc1cncs1)C1(c2ccccc2)CC1. The normalized spacial score (nSPS) is 18.5. The van der Waals surface area contributed by atoms with Crippen molar-refractivity contribution in [3.05, 3.63) is 52.5 Å². The number of hydrogen-bond donors (Lipinski definition) is 1. The maximum atomic E-state index is 4.18. The summed E-state index contributed by atoms with van der Waals surface area (Å²) >= 11 is 1.75. The lowest BCUT2D eigenvalue weighted by Crippen LogP contribution is -2.39. The fourth-order valence-electron chi connectivity index (χ4n) is 2.86. The third-order valence-electron chi connectivity index (χ3n) is 4.04. The van der Waals surface area contributed by atoms with Crippen LogP contribution >= 0.6 is 11.3 Å². The van der Waals surface area contributed by atoms with Crippen LogP contribution in [0.4, 0.5) is 0 Å². The lowest BCUT2D eigenvalue weighted by molar-refractivity contribution is 0.445. The molecular weight excluding hydrogens is 240 g/mol. The number of likely N-dealkylation sites (N-methyl/N-ethyl adjacent to an activating group) is 1. The molecule has 0 spiro atoms. The molecule has 1 aromatic heterocycles. The van der Waals surface area contributed by atoms with Crippen LogP contribution in [-0.2, 0) is 11.8 Å². The van der Waals surface area contributed by atoms with E-state index in [-0.39, 0.29) is 0 Å². The number of thiazole rings is 1. The van der Waals surface area contributed by atoms with E-state index in [0.717, 1.165) is 6.42 Å². The Kier molecular flexibility index (Phi) is 3.18. The van der Waals surface area contributed by atoms with Gasteiger partial charge in [-0.25, -0.2) is 0 Å². The molecule has 1 heterocycles. The first-order valence-corrected chi connectivity index (χ1v) is 7.33. The summed E-state index contributed by atoms with van der Waals surface area (Å²) in [6.07, 6.45) is 5.66. The molecule has 1 aromatic carbocycles. The molecule has 1 aliphatic rings. The zero-order chi connectivity index (χ0) is 12.4. The van der Waals surface area contributed by atoms with E-state index in [1.54, 1.807) is 11.3 Å². The summed E-state index contributed by atoms with van der Waals surface area (Å²) in [5.74, 6) is 0. The van der Waals surface area contributed by atoms with Crippen LogP contribution in [-0.4, -0.2) is 18.1 Å². The fourth-order valence-corrected chi connectivity index (χ4v) is 3.50. The summed E-state index contributed by atoms with van der Waals surface area (Å²) in [6.45, 7) is 0. The molecule has 94 valence electrons. The predicted octanol–water partition coefficient (Wildman–Crippen LogP) is 3.01. The molecule has 1 atom stereocenters. The molecule has 0 aliphatic heterocycles. The minimum Gasteiger partial charge on any atom is -0.316 e. The Morgan fingerprint density at radius 2 is 2.11 bits per heavy atom. The Morgan fingerprint density at radius 1 is 1.33 bits per heavy atom. The van der Waals surface area contributed by atoms with Gasteiger partial charge in [-0.05, 0) is 31.9 Å². The predicted molar refractivity (Wildman–Crippen MR) is 76.0 cm³/mol. The van der Waals surface area contributed by atoms with Crippen molar-refractivity contribution in [3.8, 4) is 0 Å². The van der Waals surface area contributed by atoms with Gasteiger partial charge in [-0.15, -0.1) is 11.3 Å². The van der Waals surface area contributed by atoms with Gasteiger partial charge in [-0.3, -0.25) is 4.98 Å². The first-order valence-electron chi connectivity index (χ1n) is 6.45. The second-order valence-electron chi connectivity index (χ2n) is 5.04. The van der Waals surface area contributed by atoms with Gasteiger partial charge in [-0.1, -0.05) is 30.3 Å². The third kappa shape index (κ3) is 2.08. The second kappa shape index (κ2) is 4.82. The minimum atomic E-state index is 0.347. The quantitative estimate of drug-likeness (QED) is 0.891. The standard InChI is InChI=1S/C15H18N2S/c1-16-14(9-13-10-17-11-18-13)15(7-8-15)12-5-3-2-4-6-12/h2-6,10-11,14,16H,7-9H2,1H3. The zero-order valence-electron chi connectivity index (χ0n) is 10.6. The Labute approximate surface area is 112 Å². The van der Waals surface area contributed by atoms with Crippen LogP contribution < -0.4 is 5.32 Å². The molecule has 1 aliphatic carbocycles. The summed E-state index contributed by atoms with van der Waals surface area (Å²) < 4.78 is 0. The third-order valence-corrected chi connectivity index (χ3v) is 4.84. The van der Waals surface area contributed by atoms with Crippen molar-refractivity contribution in [2.24, 2.45) is 0 Å². The molecule has 0 saturated heterocycles. The summed E-state index contributed by atoms with van der Waals surface area (Å²) in [4.78, 5) is 5.55. The molecule has 1 fully saturated rings. The number of rotatable bonds is 5. The van der Waals surface area contributed by atoms with E-state index < -0.39 is 0 Å². The maximum absolute atomic E-state index is 4.18. The van der Waals surface area contributed by atoms with Crippen LogP contribution in [0.5, 0.6) is 0 Å².